The van der Waals surface area contributed by atoms with E-state index in [1.165, 1.54) is 4.68 Å². The van der Waals surface area contributed by atoms with E-state index in [0.29, 0.717) is 11.3 Å². The molecule has 0 spiro atoms. The van der Waals surface area contributed by atoms with Crippen molar-refractivity contribution >= 4 is 11.9 Å². The Morgan fingerprint density at radius 3 is 2.68 bits per heavy atom. The number of carboxylic acid groups (broad SMARTS) is 1. The molecule has 1 aliphatic rings. The van der Waals surface area contributed by atoms with Crippen molar-refractivity contribution in [1.82, 2.24) is 20.1 Å². The molecule has 1 unspecified atom stereocenters. The maximum absolute atomic E-state index is 12.5. The summed E-state index contributed by atoms with van der Waals surface area (Å²) in [6.45, 7) is -0.373. The van der Waals surface area contributed by atoms with Crippen LogP contribution in [0.3, 0.4) is 0 Å². The fraction of sp³-hybridized carbons (Fsp3) is 0.111. The molecular formula is C18H14N4O3. The lowest BCUT2D eigenvalue weighted by Crippen LogP contribution is -2.24. The minimum absolute atomic E-state index is 0.287. The minimum Gasteiger partial charge on any atom is -0.480 e. The van der Waals surface area contributed by atoms with Crippen LogP contribution in [0.1, 0.15) is 27.7 Å². The predicted octanol–water partition coefficient (Wildman–Crippen LogP) is 1.86. The molecule has 1 aromatic carbocycles. The molecule has 1 atom stereocenters. The zero-order valence-corrected chi connectivity index (χ0v) is 13.1. The van der Waals surface area contributed by atoms with Crippen LogP contribution in [0, 0.1) is 0 Å². The zero-order chi connectivity index (χ0) is 17.4. The van der Waals surface area contributed by atoms with Gasteiger partial charge in [0.25, 0.3) is 5.91 Å². The normalized spacial score (nSPS) is 15.7. The van der Waals surface area contributed by atoms with Crippen LogP contribution in [-0.2, 0) is 11.3 Å². The van der Waals surface area contributed by atoms with Gasteiger partial charge in [-0.15, -0.1) is 0 Å². The highest BCUT2D eigenvalue weighted by Gasteiger charge is 2.38. The highest BCUT2D eigenvalue weighted by molar-refractivity contribution is 6.00. The molecular weight excluding hydrogens is 320 g/mol. The van der Waals surface area contributed by atoms with E-state index in [1.807, 2.05) is 36.4 Å². The number of carbonyl (C=O) groups is 2. The molecule has 7 nitrogen and oxygen atoms in total. The maximum Gasteiger partial charge on any atom is 0.325 e. The van der Waals surface area contributed by atoms with Gasteiger partial charge < -0.3 is 10.4 Å². The molecule has 0 radical (unpaired) electrons. The summed E-state index contributed by atoms with van der Waals surface area (Å²) in [6, 6.07) is 12.7. The zero-order valence-electron chi connectivity index (χ0n) is 13.1. The molecule has 1 amide bonds. The number of carbonyl (C=O) groups excluding carboxylic acids is 1. The van der Waals surface area contributed by atoms with Gasteiger partial charge in [-0.25, -0.2) is 4.68 Å². The van der Waals surface area contributed by atoms with E-state index in [1.54, 1.807) is 18.5 Å². The molecule has 0 saturated heterocycles. The second-order valence-corrected chi connectivity index (χ2v) is 5.72. The van der Waals surface area contributed by atoms with Gasteiger partial charge >= 0.3 is 5.97 Å². The van der Waals surface area contributed by atoms with Crippen molar-refractivity contribution in [1.29, 1.82) is 0 Å². The standard InChI is InChI=1S/C18H14N4O3/c23-13(24)10-22-17-14(16(21-22)11-5-2-1-3-6-11)15(20-18(17)25)12-7-4-8-19-9-12/h1-9,15H,10H2,(H,20,25)(H,23,24). The quantitative estimate of drug-likeness (QED) is 0.759. The lowest BCUT2D eigenvalue weighted by atomic mass is 9.98. The van der Waals surface area contributed by atoms with Gasteiger partial charge in [-0.05, 0) is 11.6 Å². The Kier molecular flexibility index (Phi) is 3.53. The number of fused-ring (bicyclic) bond motifs is 1. The van der Waals surface area contributed by atoms with Crippen LogP contribution < -0.4 is 5.32 Å². The molecule has 0 aliphatic carbocycles. The van der Waals surface area contributed by atoms with E-state index in [0.717, 1.165) is 11.1 Å². The smallest absolute Gasteiger partial charge is 0.325 e. The summed E-state index contributed by atoms with van der Waals surface area (Å²) in [5, 5.41) is 16.5. The number of aromatic nitrogens is 3. The summed E-state index contributed by atoms with van der Waals surface area (Å²) in [6.07, 6.45) is 3.34. The van der Waals surface area contributed by atoms with Crippen LogP contribution in [0.5, 0.6) is 0 Å². The molecule has 25 heavy (non-hydrogen) atoms. The van der Waals surface area contributed by atoms with Gasteiger partial charge in [0.15, 0.2) is 0 Å². The average molecular weight is 334 g/mol. The number of nitrogens with zero attached hydrogens (tertiary/aromatic N) is 3. The van der Waals surface area contributed by atoms with Crippen LogP contribution in [0.2, 0.25) is 0 Å². The first kappa shape index (κ1) is 15.1. The van der Waals surface area contributed by atoms with Crippen molar-refractivity contribution in [3.8, 4) is 11.3 Å². The largest absolute Gasteiger partial charge is 0.480 e. The number of pyridine rings is 1. The SMILES string of the molecule is O=C(O)Cn1nc(-c2ccccc2)c2c1C(=O)NC2c1cccnc1. The molecule has 3 heterocycles. The van der Waals surface area contributed by atoms with Gasteiger partial charge in [0, 0.05) is 23.5 Å². The van der Waals surface area contributed by atoms with Crippen LogP contribution in [0.15, 0.2) is 54.9 Å². The first-order chi connectivity index (χ1) is 12.1. The molecule has 124 valence electrons. The Hall–Kier alpha value is -3.48. The van der Waals surface area contributed by atoms with Gasteiger partial charge in [0.2, 0.25) is 0 Å². The Bertz CT molecular complexity index is 951. The van der Waals surface area contributed by atoms with Crippen molar-refractivity contribution in [3.63, 3.8) is 0 Å². The Morgan fingerprint density at radius 1 is 1.20 bits per heavy atom. The van der Waals surface area contributed by atoms with Crippen LogP contribution >= 0.6 is 0 Å². The molecule has 0 bridgehead atoms. The maximum atomic E-state index is 12.5. The first-order valence-corrected chi connectivity index (χ1v) is 7.74. The van der Waals surface area contributed by atoms with E-state index in [-0.39, 0.29) is 18.1 Å². The summed E-state index contributed by atoms with van der Waals surface area (Å²) in [4.78, 5) is 27.8. The number of rotatable bonds is 4. The van der Waals surface area contributed by atoms with Crippen molar-refractivity contribution in [2.45, 2.75) is 12.6 Å². The van der Waals surface area contributed by atoms with Crippen molar-refractivity contribution < 1.29 is 14.7 Å². The number of benzene rings is 1. The Morgan fingerprint density at radius 2 is 2.00 bits per heavy atom. The summed E-state index contributed by atoms with van der Waals surface area (Å²) in [7, 11) is 0. The highest BCUT2D eigenvalue weighted by atomic mass is 16.4. The summed E-state index contributed by atoms with van der Waals surface area (Å²) >= 11 is 0. The van der Waals surface area contributed by atoms with Gasteiger partial charge in [0.05, 0.1) is 11.7 Å². The fourth-order valence-corrected chi connectivity index (χ4v) is 3.11. The Balaban J connectivity index is 1.93. The summed E-state index contributed by atoms with van der Waals surface area (Å²) in [5.41, 5.74) is 3.22. The molecule has 2 aromatic heterocycles. The molecule has 3 aromatic rings. The van der Waals surface area contributed by atoms with E-state index >= 15 is 0 Å². The van der Waals surface area contributed by atoms with Crippen LogP contribution in [0.25, 0.3) is 11.3 Å². The number of amides is 1. The second kappa shape index (κ2) is 5.86. The van der Waals surface area contributed by atoms with E-state index in [4.69, 9.17) is 5.11 Å². The number of hydrogen-bond acceptors (Lipinski definition) is 4. The Labute approximate surface area is 142 Å². The third kappa shape index (κ3) is 2.55. The molecule has 2 N–H and O–H groups in total. The first-order valence-electron chi connectivity index (χ1n) is 7.74. The number of carboxylic acids is 1. The van der Waals surface area contributed by atoms with Gasteiger partial charge in [-0.2, -0.15) is 5.10 Å². The summed E-state index contributed by atoms with van der Waals surface area (Å²) in [5.74, 6) is -1.39. The summed E-state index contributed by atoms with van der Waals surface area (Å²) < 4.78 is 1.26. The van der Waals surface area contributed by atoms with Gasteiger partial charge in [-0.3, -0.25) is 14.6 Å². The molecule has 0 fully saturated rings. The topological polar surface area (TPSA) is 97.1 Å². The second-order valence-electron chi connectivity index (χ2n) is 5.72. The van der Waals surface area contributed by atoms with Crippen molar-refractivity contribution in [3.05, 3.63) is 71.7 Å². The lowest BCUT2D eigenvalue weighted by Gasteiger charge is -2.12. The van der Waals surface area contributed by atoms with E-state index < -0.39 is 12.0 Å². The number of hydrogen-bond donors (Lipinski definition) is 2. The average Bonchev–Trinajstić information content (AvgIpc) is 3.15. The van der Waals surface area contributed by atoms with E-state index in [9.17, 15) is 9.59 Å². The fourth-order valence-electron chi connectivity index (χ4n) is 3.11. The van der Waals surface area contributed by atoms with Crippen molar-refractivity contribution in [2.24, 2.45) is 0 Å². The lowest BCUT2D eigenvalue weighted by molar-refractivity contribution is -0.137. The molecule has 1 aliphatic heterocycles. The van der Waals surface area contributed by atoms with E-state index in [2.05, 4.69) is 15.4 Å². The van der Waals surface area contributed by atoms with Crippen LogP contribution in [0.4, 0.5) is 0 Å². The van der Waals surface area contributed by atoms with Gasteiger partial charge in [0.1, 0.15) is 12.2 Å². The van der Waals surface area contributed by atoms with Crippen LogP contribution in [-0.4, -0.2) is 31.7 Å². The highest BCUT2D eigenvalue weighted by Crippen LogP contribution is 2.37. The monoisotopic (exact) mass is 334 g/mol. The van der Waals surface area contributed by atoms with Gasteiger partial charge in [-0.1, -0.05) is 36.4 Å². The third-order valence-electron chi connectivity index (χ3n) is 4.12. The molecule has 7 heteroatoms. The third-order valence-corrected chi connectivity index (χ3v) is 4.12. The molecule has 4 rings (SSSR count). The number of aliphatic carboxylic acids is 1. The minimum atomic E-state index is -1.05. The predicted molar refractivity (Wildman–Crippen MR) is 88.8 cm³/mol. The number of nitrogens with one attached hydrogen (secondary N) is 1. The van der Waals surface area contributed by atoms with Crippen molar-refractivity contribution in [2.75, 3.05) is 0 Å². The molecule has 0 saturated carbocycles.